The van der Waals surface area contributed by atoms with Gasteiger partial charge in [-0.1, -0.05) is 17.8 Å². The van der Waals surface area contributed by atoms with Crippen LogP contribution in [0.2, 0.25) is 0 Å². The van der Waals surface area contributed by atoms with Gasteiger partial charge in [-0.3, -0.25) is 4.99 Å². The largest absolute Gasteiger partial charge is 1.00 e. The van der Waals surface area contributed by atoms with Crippen molar-refractivity contribution in [3.8, 4) is 0 Å². The lowest BCUT2D eigenvalue weighted by Gasteiger charge is -2.12. The molecule has 1 aromatic rings. The summed E-state index contributed by atoms with van der Waals surface area (Å²) in [7, 11) is 1.80. The number of halogens is 1. The lowest BCUT2D eigenvalue weighted by Crippen LogP contribution is -3.00. The summed E-state index contributed by atoms with van der Waals surface area (Å²) in [5.74, 6) is 0. The van der Waals surface area contributed by atoms with Gasteiger partial charge in [0.15, 0.2) is 5.17 Å². The highest BCUT2D eigenvalue weighted by atomic mass is 127. The zero-order chi connectivity index (χ0) is 11.4. The molecule has 0 saturated carbocycles. The lowest BCUT2D eigenvalue weighted by atomic mass is 10.1. The van der Waals surface area contributed by atoms with E-state index in [9.17, 15) is 0 Å². The molecule has 0 unspecified atom stereocenters. The number of hydrogen-bond donors (Lipinski definition) is 1. The van der Waals surface area contributed by atoms with Crippen LogP contribution < -0.4 is 29.3 Å². The SMILES string of the molecule is CN=C(Nc1cc(C)c(C)cc1C)SC.[I-]. The topological polar surface area (TPSA) is 24.4 Å². The van der Waals surface area contributed by atoms with Crippen molar-refractivity contribution in [3.05, 3.63) is 28.8 Å². The second-order valence-electron chi connectivity index (χ2n) is 3.61. The van der Waals surface area contributed by atoms with Crippen LogP contribution in [-0.4, -0.2) is 18.5 Å². The summed E-state index contributed by atoms with van der Waals surface area (Å²) in [6.07, 6.45) is 2.02. The monoisotopic (exact) mass is 349 g/mol. The van der Waals surface area contributed by atoms with Crippen molar-refractivity contribution >= 4 is 22.6 Å². The molecule has 16 heavy (non-hydrogen) atoms. The van der Waals surface area contributed by atoms with Crippen molar-refractivity contribution in [1.82, 2.24) is 0 Å². The Morgan fingerprint density at radius 3 is 2.19 bits per heavy atom. The fourth-order valence-corrected chi connectivity index (χ4v) is 1.80. The Balaban J connectivity index is 0.00000225. The second kappa shape index (κ2) is 7.17. The smallest absolute Gasteiger partial charge is 0.160 e. The van der Waals surface area contributed by atoms with Crippen molar-refractivity contribution in [1.29, 1.82) is 0 Å². The number of amidine groups is 1. The highest BCUT2D eigenvalue weighted by Crippen LogP contribution is 2.21. The van der Waals surface area contributed by atoms with Crippen molar-refractivity contribution in [2.24, 2.45) is 4.99 Å². The molecule has 0 radical (unpaired) electrons. The molecule has 90 valence electrons. The second-order valence-corrected chi connectivity index (χ2v) is 4.40. The molecule has 0 aromatic heterocycles. The van der Waals surface area contributed by atoms with E-state index >= 15 is 0 Å². The molecule has 0 amide bonds. The number of anilines is 1. The van der Waals surface area contributed by atoms with Crippen LogP contribution in [0, 0.1) is 20.8 Å². The molecular formula is C12H18IN2S-. The summed E-state index contributed by atoms with van der Waals surface area (Å²) in [4.78, 5) is 4.16. The number of hydrogen-bond acceptors (Lipinski definition) is 2. The minimum Gasteiger partial charge on any atom is -1.00 e. The maximum atomic E-state index is 4.16. The normalized spacial score (nSPS) is 10.9. The molecular weight excluding hydrogens is 331 g/mol. The number of benzene rings is 1. The molecule has 0 heterocycles. The summed E-state index contributed by atoms with van der Waals surface area (Å²) in [6.45, 7) is 6.37. The van der Waals surface area contributed by atoms with E-state index in [-0.39, 0.29) is 24.0 Å². The van der Waals surface area contributed by atoms with E-state index < -0.39 is 0 Å². The number of aryl methyl sites for hydroxylation is 3. The summed E-state index contributed by atoms with van der Waals surface area (Å²) in [5, 5.41) is 4.27. The Labute approximate surface area is 119 Å². The Kier molecular flexibility index (Phi) is 7.06. The third-order valence-electron chi connectivity index (χ3n) is 2.48. The Morgan fingerprint density at radius 1 is 1.12 bits per heavy atom. The summed E-state index contributed by atoms with van der Waals surface area (Å²) < 4.78 is 0. The number of thioether (sulfide) groups is 1. The molecule has 1 rings (SSSR count). The number of aliphatic imine (C=N–C) groups is 1. The fourth-order valence-electron chi connectivity index (χ4n) is 1.41. The molecule has 0 atom stereocenters. The van der Waals surface area contributed by atoms with E-state index in [1.165, 1.54) is 16.7 Å². The molecule has 0 saturated heterocycles. The highest BCUT2D eigenvalue weighted by molar-refractivity contribution is 8.13. The number of rotatable bonds is 1. The van der Waals surface area contributed by atoms with E-state index in [1.807, 2.05) is 6.26 Å². The third-order valence-corrected chi connectivity index (χ3v) is 3.15. The number of nitrogens with zero attached hydrogens (tertiary/aromatic N) is 1. The maximum absolute atomic E-state index is 4.16. The van der Waals surface area contributed by atoms with Crippen molar-refractivity contribution in [2.75, 3.05) is 18.6 Å². The highest BCUT2D eigenvalue weighted by Gasteiger charge is 2.03. The third kappa shape index (κ3) is 3.97. The van der Waals surface area contributed by atoms with Crippen LogP contribution >= 0.6 is 11.8 Å². The molecule has 0 aliphatic heterocycles. The minimum atomic E-state index is 0. The van der Waals surface area contributed by atoms with Crippen LogP contribution in [0.3, 0.4) is 0 Å². The average Bonchev–Trinajstić information content (AvgIpc) is 2.21. The molecule has 0 aliphatic carbocycles. The van der Waals surface area contributed by atoms with Gasteiger partial charge in [-0.15, -0.1) is 0 Å². The summed E-state index contributed by atoms with van der Waals surface area (Å²) >= 11 is 1.62. The predicted octanol–water partition coefficient (Wildman–Crippen LogP) is 0.377. The standard InChI is InChI=1S/C12H18N2S.HI/c1-8-6-10(3)11(7-9(8)2)14-12(13-4)15-5;/h6-7H,1-5H3,(H,13,14);1H/p-1. The first-order valence-electron chi connectivity index (χ1n) is 4.94. The van der Waals surface area contributed by atoms with Crippen LogP contribution in [0.15, 0.2) is 17.1 Å². The molecule has 0 spiro atoms. The fraction of sp³-hybridized carbons (Fsp3) is 0.417. The van der Waals surface area contributed by atoms with E-state index in [0.29, 0.717) is 0 Å². The first kappa shape index (κ1) is 15.8. The van der Waals surface area contributed by atoms with Gasteiger partial charge < -0.3 is 29.3 Å². The Hall–Kier alpha value is -0.230. The quantitative estimate of drug-likeness (QED) is 0.450. The van der Waals surface area contributed by atoms with Gasteiger partial charge in [0.1, 0.15) is 0 Å². The molecule has 0 bridgehead atoms. The van der Waals surface area contributed by atoms with Crippen LogP contribution in [0.1, 0.15) is 16.7 Å². The van der Waals surface area contributed by atoms with E-state index in [0.717, 1.165) is 10.9 Å². The van der Waals surface area contributed by atoms with Gasteiger partial charge in [0.25, 0.3) is 0 Å². The maximum Gasteiger partial charge on any atom is 0.160 e. The first-order chi connectivity index (χ1) is 7.08. The zero-order valence-corrected chi connectivity index (χ0v) is 13.4. The first-order valence-corrected chi connectivity index (χ1v) is 6.16. The van der Waals surface area contributed by atoms with Gasteiger partial charge in [-0.2, -0.15) is 0 Å². The van der Waals surface area contributed by atoms with E-state index in [2.05, 4.69) is 43.2 Å². The van der Waals surface area contributed by atoms with E-state index in [1.54, 1.807) is 18.8 Å². The van der Waals surface area contributed by atoms with E-state index in [4.69, 9.17) is 0 Å². The average molecular weight is 349 g/mol. The van der Waals surface area contributed by atoms with Gasteiger partial charge in [0.2, 0.25) is 0 Å². The summed E-state index contributed by atoms with van der Waals surface area (Å²) in [6, 6.07) is 4.37. The summed E-state index contributed by atoms with van der Waals surface area (Å²) in [5.41, 5.74) is 5.04. The van der Waals surface area contributed by atoms with Gasteiger partial charge in [-0.05, 0) is 49.8 Å². The van der Waals surface area contributed by atoms with Gasteiger partial charge in [0, 0.05) is 12.7 Å². The van der Waals surface area contributed by atoms with Crippen molar-refractivity contribution in [3.63, 3.8) is 0 Å². The zero-order valence-electron chi connectivity index (χ0n) is 10.4. The molecule has 2 nitrogen and oxygen atoms in total. The molecule has 1 N–H and O–H groups in total. The van der Waals surface area contributed by atoms with Crippen LogP contribution in [0.25, 0.3) is 0 Å². The van der Waals surface area contributed by atoms with Crippen LogP contribution in [0.5, 0.6) is 0 Å². The van der Waals surface area contributed by atoms with Crippen molar-refractivity contribution < 1.29 is 24.0 Å². The van der Waals surface area contributed by atoms with Crippen LogP contribution in [0.4, 0.5) is 5.69 Å². The van der Waals surface area contributed by atoms with Gasteiger partial charge in [0.05, 0.1) is 0 Å². The molecule has 4 heteroatoms. The van der Waals surface area contributed by atoms with Gasteiger partial charge >= 0.3 is 0 Å². The van der Waals surface area contributed by atoms with Crippen molar-refractivity contribution in [2.45, 2.75) is 20.8 Å². The molecule has 0 fully saturated rings. The Morgan fingerprint density at radius 2 is 1.69 bits per heavy atom. The predicted molar refractivity (Wildman–Crippen MR) is 71.1 cm³/mol. The van der Waals surface area contributed by atoms with Crippen LogP contribution in [-0.2, 0) is 0 Å². The number of nitrogens with one attached hydrogen (secondary N) is 1. The lowest BCUT2D eigenvalue weighted by molar-refractivity contribution is -0.00000330. The minimum absolute atomic E-state index is 0. The Bertz CT molecular complexity index is 389. The molecule has 0 aliphatic rings. The molecule has 1 aromatic carbocycles. The van der Waals surface area contributed by atoms with Gasteiger partial charge in [-0.25, -0.2) is 0 Å².